The normalized spacial score (nSPS) is 13.0. The van der Waals surface area contributed by atoms with Crippen LogP contribution in [0.1, 0.15) is 31.0 Å². The molecule has 2 rings (SSSR count). The van der Waals surface area contributed by atoms with Gasteiger partial charge in [0, 0.05) is 12.2 Å². The molecular formula is C10H10F2N4O. The van der Waals surface area contributed by atoms with Gasteiger partial charge in [-0.05, 0) is 19.1 Å². The molecule has 0 amide bonds. The lowest BCUT2D eigenvalue weighted by Gasteiger charge is -2.03. The second-order valence-corrected chi connectivity index (χ2v) is 3.51. The Balaban J connectivity index is 2.27. The average molecular weight is 240 g/mol. The van der Waals surface area contributed by atoms with Crippen LogP contribution >= 0.6 is 0 Å². The van der Waals surface area contributed by atoms with Gasteiger partial charge in [-0.15, -0.1) is 10.2 Å². The van der Waals surface area contributed by atoms with Crippen molar-refractivity contribution >= 4 is 0 Å². The zero-order valence-corrected chi connectivity index (χ0v) is 8.97. The zero-order valence-electron chi connectivity index (χ0n) is 8.97. The molecule has 17 heavy (non-hydrogen) atoms. The number of rotatable bonds is 3. The van der Waals surface area contributed by atoms with Crippen LogP contribution in [0.2, 0.25) is 0 Å². The Labute approximate surface area is 95.7 Å². The van der Waals surface area contributed by atoms with E-state index in [1.54, 1.807) is 19.1 Å². The van der Waals surface area contributed by atoms with Crippen LogP contribution in [0.25, 0.3) is 11.5 Å². The van der Waals surface area contributed by atoms with E-state index in [0.717, 1.165) is 0 Å². The van der Waals surface area contributed by atoms with Crippen molar-refractivity contribution in [3.05, 3.63) is 29.9 Å². The van der Waals surface area contributed by atoms with Crippen LogP contribution in [-0.2, 0) is 0 Å². The summed E-state index contributed by atoms with van der Waals surface area (Å²) in [6.07, 6.45) is -1.31. The predicted octanol–water partition coefficient (Wildman–Crippen LogP) is 2.09. The maximum atomic E-state index is 12.2. The third-order valence-corrected chi connectivity index (χ3v) is 2.13. The van der Waals surface area contributed by atoms with Gasteiger partial charge in [0.25, 0.3) is 5.89 Å². The van der Waals surface area contributed by atoms with Crippen LogP contribution in [0.3, 0.4) is 0 Å². The molecule has 0 fully saturated rings. The highest BCUT2D eigenvalue weighted by atomic mass is 19.3. The molecule has 7 heteroatoms. The summed E-state index contributed by atoms with van der Waals surface area (Å²) in [6, 6.07) is 3.14. The molecule has 5 nitrogen and oxygen atoms in total. The summed E-state index contributed by atoms with van der Waals surface area (Å²) >= 11 is 0. The first-order valence-corrected chi connectivity index (χ1v) is 4.91. The Morgan fingerprint density at radius 3 is 2.53 bits per heavy atom. The summed E-state index contributed by atoms with van der Waals surface area (Å²) in [5, 5.41) is 6.74. The number of pyridine rings is 1. The Kier molecular flexibility index (Phi) is 3.10. The molecule has 0 radical (unpaired) electrons. The van der Waals surface area contributed by atoms with Crippen LogP contribution in [0.15, 0.2) is 22.7 Å². The third kappa shape index (κ3) is 2.44. The Morgan fingerprint density at radius 1 is 1.29 bits per heavy atom. The van der Waals surface area contributed by atoms with Crippen molar-refractivity contribution in [3.8, 4) is 11.5 Å². The standard InChI is InChI=1S/C10H10F2N4O/c1-5(13)7-3-2-6(4-14-7)9-15-16-10(17-9)8(11)12/h2-5,8H,13H2,1H3. The van der Waals surface area contributed by atoms with Crippen molar-refractivity contribution in [1.82, 2.24) is 15.2 Å². The molecule has 2 aromatic rings. The first-order chi connectivity index (χ1) is 8.08. The van der Waals surface area contributed by atoms with E-state index in [2.05, 4.69) is 15.2 Å². The van der Waals surface area contributed by atoms with Gasteiger partial charge in [0.1, 0.15) is 0 Å². The lowest BCUT2D eigenvalue weighted by molar-refractivity contribution is 0.116. The quantitative estimate of drug-likeness (QED) is 0.888. The Morgan fingerprint density at radius 2 is 2.06 bits per heavy atom. The van der Waals surface area contributed by atoms with Crippen molar-refractivity contribution in [3.63, 3.8) is 0 Å². The molecule has 0 spiro atoms. The minimum atomic E-state index is -2.77. The molecule has 0 bridgehead atoms. The molecule has 0 aromatic carbocycles. The third-order valence-electron chi connectivity index (χ3n) is 2.13. The highest BCUT2D eigenvalue weighted by molar-refractivity contribution is 5.50. The van der Waals surface area contributed by atoms with Gasteiger partial charge in [0.05, 0.1) is 11.3 Å². The van der Waals surface area contributed by atoms with E-state index in [1.807, 2.05) is 0 Å². The summed E-state index contributed by atoms with van der Waals surface area (Å²) < 4.78 is 29.3. The number of aromatic nitrogens is 3. The van der Waals surface area contributed by atoms with Gasteiger partial charge < -0.3 is 10.2 Å². The van der Waals surface area contributed by atoms with Gasteiger partial charge in [-0.2, -0.15) is 8.78 Å². The van der Waals surface area contributed by atoms with E-state index in [0.29, 0.717) is 11.3 Å². The van der Waals surface area contributed by atoms with E-state index < -0.39 is 12.3 Å². The van der Waals surface area contributed by atoms with E-state index in [-0.39, 0.29) is 11.9 Å². The number of nitrogens with two attached hydrogens (primary N) is 1. The molecule has 0 aliphatic carbocycles. The SMILES string of the molecule is CC(N)c1ccc(-c2nnc(C(F)F)o2)cn1. The van der Waals surface area contributed by atoms with Gasteiger partial charge in [-0.1, -0.05) is 0 Å². The molecule has 0 saturated heterocycles. The summed E-state index contributed by atoms with van der Waals surface area (Å²) in [6.45, 7) is 1.80. The van der Waals surface area contributed by atoms with Crippen molar-refractivity contribution in [2.24, 2.45) is 5.73 Å². The molecule has 2 heterocycles. The molecule has 1 atom stereocenters. The second-order valence-electron chi connectivity index (χ2n) is 3.51. The average Bonchev–Trinajstić information content (AvgIpc) is 2.78. The molecule has 0 saturated carbocycles. The number of halogens is 2. The van der Waals surface area contributed by atoms with Crippen molar-refractivity contribution in [2.45, 2.75) is 19.4 Å². The fraction of sp³-hybridized carbons (Fsp3) is 0.300. The zero-order chi connectivity index (χ0) is 12.4. The van der Waals surface area contributed by atoms with Gasteiger partial charge in [-0.25, -0.2) is 0 Å². The predicted molar refractivity (Wildman–Crippen MR) is 55.1 cm³/mol. The minimum absolute atomic E-state index is 0.0176. The van der Waals surface area contributed by atoms with Crippen LogP contribution < -0.4 is 5.73 Å². The van der Waals surface area contributed by atoms with Crippen molar-refractivity contribution < 1.29 is 13.2 Å². The summed E-state index contributed by atoms with van der Waals surface area (Å²) in [5.74, 6) is -0.680. The topological polar surface area (TPSA) is 77.8 Å². The smallest absolute Gasteiger partial charge is 0.314 e. The van der Waals surface area contributed by atoms with E-state index in [4.69, 9.17) is 10.2 Å². The lowest BCUT2D eigenvalue weighted by atomic mass is 10.2. The second kappa shape index (κ2) is 4.54. The summed E-state index contributed by atoms with van der Waals surface area (Å²) in [7, 11) is 0. The van der Waals surface area contributed by atoms with E-state index in [1.165, 1.54) is 6.20 Å². The number of nitrogens with zero attached hydrogens (tertiary/aromatic N) is 3. The van der Waals surface area contributed by atoms with Crippen molar-refractivity contribution in [2.75, 3.05) is 0 Å². The molecule has 2 N–H and O–H groups in total. The molecule has 2 aromatic heterocycles. The highest BCUT2D eigenvalue weighted by Crippen LogP contribution is 2.23. The van der Waals surface area contributed by atoms with Gasteiger partial charge >= 0.3 is 6.43 Å². The largest absolute Gasteiger partial charge is 0.415 e. The van der Waals surface area contributed by atoms with E-state index >= 15 is 0 Å². The molecule has 1 unspecified atom stereocenters. The minimum Gasteiger partial charge on any atom is -0.415 e. The maximum absolute atomic E-state index is 12.2. The maximum Gasteiger partial charge on any atom is 0.314 e. The first kappa shape index (κ1) is 11.6. The highest BCUT2D eigenvalue weighted by Gasteiger charge is 2.17. The summed E-state index contributed by atoms with van der Waals surface area (Å²) in [5.41, 5.74) is 6.81. The fourth-order valence-corrected chi connectivity index (χ4v) is 1.24. The molecule has 0 aliphatic heterocycles. The molecule has 0 aliphatic rings. The van der Waals surface area contributed by atoms with Gasteiger partial charge in [-0.3, -0.25) is 4.98 Å². The number of alkyl halides is 2. The number of hydrogen-bond donors (Lipinski definition) is 1. The van der Waals surface area contributed by atoms with Gasteiger partial charge in [0.15, 0.2) is 0 Å². The fourth-order valence-electron chi connectivity index (χ4n) is 1.24. The van der Waals surface area contributed by atoms with Crippen LogP contribution in [0.4, 0.5) is 8.78 Å². The molecule has 90 valence electrons. The monoisotopic (exact) mass is 240 g/mol. The van der Waals surface area contributed by atoms with Crippen LogP contribution in [0.5, 0.6) is 0 Å². The van der Waals surface area contributed by atoms with Crippen molar-refractivity contribution in [1.29, 1.82) is 0 Å². The van der Waals surface area contributed by atoms with Gasteiger partial charge in [0.2, 0.25) is 5.89 Å². The molecular weight excluding hydrogens is 230 g/mol. The Hall–Kier alpha value is -1.89. The van der Waals surface area contributed by atoms with Crippen LogP contribution in [0, 0.1) is 0 Å². The Bertz CT molecular complexity index is 495. The number of hydrogen-bond acceptors (Lipinski definition) is 5. The van der Waals surface area contributed by atoms with Crippen LogP contribution in [-0.4, -0.2) is 15.2 Å². The van der Waals surface area contributed by atoms with E-state index in [9.17, 15) is 8.78 Å². The summed E-state index contributed by atoms with van der Waals surface area (Å²) in [4.78, 5) is 4.07. The first-order valence-electron chi connectivity index (χ1n) is 4.91. The lowest BCUT2D eigenvalue weighted by Crippen LogP contribution is -2.06.